The standard InChI is InChI=1S/C17H24FN3O2/c1-19-16(22)4-2-5-17(23)21-11-3-10-20(12-13-21)15-8-6-14(18)7-9-15/h6-9H,2-5,10-13H2,1H3,(H,19,22). The highest BCUT2D eigenvalue weighted by Crippen LogP contribution is 2.17. The first kappa shape index (κ1) is 17.2. The van der Waals surface area contributed by atoms with Gasteiger partial charge < -0.3 is 15.1 Å². The molecular formula is C17H24FN3O2. The fourth-order valence-electron chi connectivity index (χ4n) is 2.76. The lowest BCUT2D eigenvalue weighted by Crippen LogP contribution is -2.35. The highest BCUT2D eigenvalue weighted by atomic mass is 19.1. The van der Waals surface area contributed by atoms with E-state index in [9.17, 15) is 14.0 Å². The number of benzene rings is 1. The van der Waals surface area contributed by atoms with E-state index in [1.807, 2.05) is 4.90 Å². The van der Waals surface area contributed by atoms with E-state index in [4.69, 9.17) is 0 Å². The van der Waals surface area contributed by atoms with Crippen LogP contribution in [0.15, 0.2) is 24.3 Å². The van der Waals surface area contributed by atoms with Gasteiger partial charge in [-0.25, -0.2) is 4.39 Å². The third kappa shape index (κ3) is 5.23. The van der Waals surface area contributed by atoms with Gasteiger partial charge in [0.25, 0.3) is 0 Å². The summed E-state index contributed by atoms with van der Waals surface area (Å²) in [6.07, 6.45) is 2.26. The minimum Gasteiger partial charge on any atom is -0.370 e. The molecule has 1 heterocycles. The lowest BCUT2D eigenvalue weighted by molar-refractivity contribution is -0.131. The molecule has 23 heavy (non-hydrogen) atoms. The van der Waals surface area contributed by atoms with Crippen molar-refractivity contribution in [1.29, 1.82) is 0 Å². The summed E-state index contributed by atoms with van der Waals surface area (Å²) in [5.41, 5.74) is 0.986. The number of nitrogens with zero attached hydrogens (tertiary/aromatic N) is 2. The molecule has 1 aromatic carbocycles. The summed E-state index contributed by atoms with van der Waals surface area (Å²) < 4.78 is 13.0. The number of amides is 2. The first-order valence-electron chi connectivity index (χ1n) is 8.09. The second kappa shape index (κ2) is 8.50. The number of nitrogens with one attached hydrogen (secondary N) is 1. The van der Waals surface area contributed by atoms with Gasteiger partial charge in [-0.1, -0.05) is 0 Å². The Bertz CT molecular complexity index is 533. The topological polar surface area (TPSA) is 52.7 Å². The number of carbonyl (C=O) groups excluding carboxylic acids is 2. The van der Waals surface area contributed by atoms with Gasteiger partial charge in [-0.3, -0.25) is 9.59 Å². The maximum atomic E-state index is 13.0. The molecule has 0 radical (unpaired) electrons. The largest absolute Gasteiger partial charge is 0.370 e. The number of carbonyl (C=O) groups is 2. The summed E-state index contributed by atoms with van der Waals surface area (Å²) in [5.74, 6) is -0.164. The van der Waals surface area contributed by atoms with Crippen LogP contribution in [0.1, 0.15) is 25.7 Å². The van der Waals surface area contributed by atoms with Crippen molar-refractivity contribution in [3.8, 4) is 0 Å². The molecule has 0 unspecified atom stereocenters. The molecule has 1 aliphatic rings. The molecular weight excluding hydrogens is 297 g/mol. The molecule has 0 saturated carbocycles. The van der Waals surface area contributed by atoms with Crippen molar-refractivity contribution in [3.05, 3.63) is 30.1 Å². The van der Waals surface area contributed by atoms with Crippen LogP contribution in [-0.4, -0.2) is 49.9 Å². The molecule has 1 aliphatic heterocycles. The molecule has 1 aromatic rings. The van der Waals surface area contributed by atoms with Gasteiger partial charge >= 0.3 is 0 Å². The fourth-order valence-corrected chi connectivity index (χ4v) is 2.76. The average Bonchev–Trinajstić information content (AvgIpc) is 2.81. The van der Waals surface area contributed by atoms with Crippen molar-refractivity contribution in [2.45, 2.75) is 25.7 Å². The minimum atomic E-state index is -0.239. The maximum absolute atomic E-state index is 13.0. The number of anilines is 1. The Kier molecular flexibility index (Phi) is 6.38. The molecule has 6 heteroatoms. The van der Waals surface area contributed by atoms with Crippen LogP contribution in [0.4, 0.5) is 10.1 Å². The molecule has 0 spiro atoms. The molecule has 0 aromatic heterocycles. The third-order valence-corrected chi connectivity index (χ3v) is 4.11. The van der Waals surface area contributed by atoms with Crippen LogP contribution in [0.2, 0.25) is 0 Å². The monoisotopic (exact) mass is 321 g/mol. The predicted octanol–water partition coefficient (Wildman–Crippen LogP) is 1.78. The molecule has 1 saturated heterocycles. The van der Waals surface area contributed by atoms with Gasteiger partial charge in [0.2, 0.25) is 11.8 Å². The van der Waals surface area contributed by atoms with Gasteiger partial charge in [0.15, 0.2) is 0 Å². The molecule has 126 valence electrons. The maximum Gasteiger partial charge on any atom is 0.222 e. The minimum absolute atomic E-state index is 0.0313. The van der Waals surface area contributed by atoms with Crippen LogP contribution in [-0.2, 0) is 9.59 Å². The van der Waals surface area contributed by atoms with E-state index in [1.54, 1.807) is 19.2 Å². The van der Waals surface area contributed by atoms with E-state index in [0.29, 0.717) is 25.8 Å². The molecule has 0 aliphatic carbocycles. The van der Waals surface area contributed by atoms with Gasteiger partial charge in [0.05, 0.1) is 0 Å². The average molecular weight is 321 g/mol. The first-order chi connectivity index (χ1) is 11.1. The molecule has 0 atom stereocenters. The number of rotatable bonds is 5. The summed E-state index contributed by atoms with van der Waals surface area (Å²) >= 11 is 0. The van der Waals surface area contributed by atoms with E-state index in [0.717, 1.165) is 31.7 Å². The van der Waals surface area contributed by atoms with Crippen LogP contribution >= 0.6 is 0 Å². The Morgan fingerprint density at radius 2 is 1.83 bits per heavy atom. The number of hydrogen-bond donors (Lipinski definition) is 1. The smallest absolute Gasteiger partial charge is 0.222 e. The predicted molar refractivity (Wildman–Crippen MR) is 87.7 cm³/mol. The summed E-state index contributed by atoms with van der Waals surface area (Å²) in [6.45, 7) is 2.99. The van der Waals surface area contributed by atoms with Crippen molar-refractivity contribution in [1.82, 2.24) is 10.2 Å². The van der Waals surface area contributed by atoms with Crippen LogP contribution < -0.4 is 10.2 Å². The van der Waals surface area contributed by atoms with Crippen LogP contribution in [0.25, 0.3) is 0 Å². The first-order valence-corrected chi connectivity index (χ1v) is 8.09. The molecule has 2 amide bonds. The number of hydrogen-bond acceptors (Lipinski definition) is 3. The van der Waals surface area contributed by atoms with E-state index in [1.165, 1.54) is 12.1 Å². The van der Waals surface area contributed by atoms with Crippen molar-refractivity contribution >= 4 is 17.5 Å². The third-order valence-electron chi connectivity index (χ3n) is 4.11. The van der Waals surface area contributed by atoms with E-state index in [2.05, 4.69) is 10.2 Å². The summed E-state index contributed by atoms with van der Waals surface area (Å²) in [7, 11) is 1.60. The Balaban J connectivity index is 1.82. The summed E-state index contributed by atoms with van der Waals surface area (Å²) in [5, 5.41) is 2.56. The fraction of sp³-hybridized carbons (Fsp3) is 0.529. The van der Waals surface area contributed by atoms with Crippen LogP contribution in [0, 0.1) is 5.82 Å². The van der Waals surface area contributed by atoms with Crippen molar-refractivity contribution in [2.24, 2.45) is 0 Å². The molecule has 1 N–H and O–H groups in total. The normalized spacial score (nSPS) is 15.2. The molecule has 2 rings (SSSR count). The van der Waals surface area contributed by atoms with E-state index < -0.39 is 0 Å². The van der Waals surface area contributed by atoms with E-state index in [-0.39, 0.29) is 17.6 Å². The summed E-state index contributed by atoms with van der Waals surface area (Å²) in [6, 6.07) is 6.47. The van der Waals surface area contributed by atoms with Crippen LogP contribution in [0.3, 0.4) is 0 Å². The highest BCUT2D eigenvalue weighted by Gasteiger charge is 2.19. The zero-order valence-electron chi connectivity index (χ0n) is 13.6. The Labute approximate surface area is 136 Å². The Morgan fingerprint density at radius 3 is 2.52 bits per heavy atom. The van der Waals surface area contributed by atoms with E-state index >= 15 is 0 Å². The SMILES string of the molecule is CNC(=O)CCCC(=O)N1CCCN(c2ccc(F)cc2)CC1. The lowest BCUT2D eigenvalue weighted by Gasteiger charge is -2.23. The highest BCUT2D eigenvalue weighted by molar-refractivity contribution is 5.78. The van der Waals surface area contributed by atoms with Gasteiger partial charge in [-0.05, 0) is 37.1 Å². The van der Waals surface area contributed by atoms with Crippen molar-refractivity contribution < 1.29 is 14.0 Å². The lowest BCUT2D eigenvalue weighted by atomic mass is 10.2. The van der Waals surface area contributed by atoms with Gasteiger partial charge in [0, 0.05) is 51.8 Å². The summed E-state index contributed by atoms with van der Waals surface area (Å²) in [4.78, 5) is 27.5. The second-order valence-corrected chi connectivity index (χ2v) is 5.72. The number of halogens is 1. The van der Waals surface area contributed by atoms with Gasteiger partial charge in [0.1, 0.15) is 5.82 Å². The van der Waals surface area contributed by atoms with Crippen molar-refractivity contribution in [3.63, 3.8) is 0 Å². The zero-order chi connectivity index (χ0) is 16.7. The Hall–Kier alpha value is -2.11. The second-order valence-electron chi connectivity index (χ2n) is 5.72. The van der Waals surface area contributed by atoms with Gasteiger partial charge in [-0.15, -0.1) is 0 Å². The zero-order valence-corrected chi connectivity index (χ0v) is 13.6. The molecule has 5 nitrogen and oxygen atoms in total. The van der Waals surface area contributed by atoms with Gasteiger partial charge in [-0.2, -0.15) is 0 Å². The molecule has 0 bridgehead atoms. The van der Waals surface area contributed by atoms with Crippen LogP contribution in [0.5, 0.6) is 0 Å². The van der Waals surface area contributed by atoms with Crippen molar-refractivity contribution in [2.75, 3.05) is 38.1 Å². The quantitative estimate of drug-likeness (QED) is 0.899. The molecule has 1 fully saturated rings. The Morgan fingerprint density at radius 1 is 1.09 bits per heavy atom.